The van der Waals surface area contributed by atoms with Crippen LogP contribution in [0.2, 0.25) is 0 Å². The Hall–Kier alpha value is -0.860. The first-order valence-corrected chi connectivity index (χ1v) is 7.65. The average Bonchev–Trinajstić information content (AvgIpc) is 2.47. The largest absolute Gasteiger partial charge is 0.320 e. The zero-order valence-electron chi connectivity index (χ0n) is 12.6. The van der Waals surface area contributed by atoms with Gasteiger partial charge in [-0.05, 0) is 44.3 Å². The minimum absolute atomic E-state index is 0.265. The summed E-state index contributed by atoms with van der Waals surface area (Å²) in [6.07, 6.45) is 3.99. The Bertz CT molecular complexity index is 382. The molecule has 0 aromatic heterocycles. The highest BCUT2D eigenvalue weighted by atomic mass is 15.2. The number of hydrogen-bond acceptors (Lipinski definition) is 2. The van der Waals surface area contributed by atoms with Gasteiger partial charge >= 0.3 is 0 Å². The lowest BCUT2D eigenvalue weighted by Crippen LogP contribution is -2.58. The summed E-state index contributed by atoms with van der Waals surface area (Å²) < 4.78 is 0. The molecule has 19 heavy (non-hydrogen) atoms. The van der Waals surface area contributed by atoms with Gasteiger partial charge in [0.1, 0.15) is 0 Å². The van der Waals surface area contributed by atoms with Crippen LogP contribution in [0.15, 0.2) is 30.3 Å². The van der Waals surface area contributed by atoms with Gasteiger partial charge in [-0.2, -0.15) is 0 Å². The number of nitrogens with two attached hydrogens (primary N) is 1. The molecule has 0 amide bonds. The maximum absolute atomic E-state index is 6.89. The highest BCUT2D eigenvalue weighted by Crippen LogP contribution is 2.34. The van der Waals surface area contributed by atoms with Crippen molar-refractivity contribution in [2.24, 2.45) is 11.7 Å². The lowest BCUT2D eigenvalue weighted by molar-refractivity contribution is 0.0824. The first kappa shape index (κ1) is 14.5. The summed E-state index contributed by atoms with van der Waals surface area (Å²) in [7, 11) is 0. The second-order valence-corrected chi connectivity index (χ2v) is 6.23. The molecule has 0 saturated carbocycles. The molecule has 2 atom stereocenters. The number of nitrogens with zero attached hydrogens (tertiary/aromatic N) is 1. The van der Waals surface area contributed by atoms with Crippen molar-refractivity contribution in [2.45, 2.75) is 51.6 Å². The lowest BCUT2D eigenvalue weighted by Gasteiger charge is -2.46. The van der Waals surface area contributed by atoms with E-state index in [9.17, 15) is 0 Å². The Balaban J connectivity index is 2.28. The molecular weight excluding hydrogens is 232 g/mol. The molecule has 1 aliphatic heterocycles. The van der Waals surface area contributed by atoms with E-state index in [0.717, 1.165) is 0 Å². The van der Waals surface area contributed by atoms with E-state index in [2.05, 4.69) is 56.0 Å². The first-order chi connectivity index (χ1) is 9.06. The van der Waals surface area contributed by atoms with Crippen molar-refractivity contribution in [2.75, 3.05) is 13.1 Å². The van der Waals surface area contributed by atoms with E-state index in [0.29, 0.717) is 12.0 Å². The maximum Gasteiger partial charge on any atom is 0.0587 e. The van der Waals surface area contributed by atoms with E-state index in [4.69, 9.17) is 5.73 Å². The van der Waals surface area contributed by atoms with Crippen molar-refractivity contribution in [3.8, 4) is 0 Å². The van der Waals surface area contributed by atoms with E-state index in [1.807, 2.05) is 0 Å². The van der Waals surface area contributed by atoms with Gasteiger partial charge in [0, 0.05) is 6.04 Å². The number of hydrogen-bond donors (Lipinski definition) is 1. The summed E-state index contributed by atoms with van der Waals surface area (Å²) in [6, 6.07) is 11.0. The first-order valence-electron chi connectivity index (χ1n) is 7.65. The van der Waals surface area contributed by atoms with Gasteiger partial charge in [0.2, 0.25) is 0 Å². The molecule has 0 aliphatic carbocycles. The lowest BCUT2D eigenvalue weighted by atomic mass is 9.74. The van der Waals surface area contributed by atoms with Crippen LogP contribution < -0.4 is 5.73 Å². The van der Waals surface area contributed by atoms with E-state index < -0.39 is 0 Å². The molecule has 0 radical (unpaired) electrons. The van der Waals surface area contributed by atoms with E-state index >= 15 is 0 Å². The van der Waals surface area contributed by atoms with Crippen LogP contribution in [0.1, 0.15) is 45.6 Å². The van der Waals surface area contributed by atoms with Crippen LogP contribution >= 0.6 is 0 Å². The van der Waals surface area contributed by atoms with Crippen molar-refractivity contribution in [1.29, 1.82) is 0 Å². The van der Waals surface area contributed by atoms with Crippen LogP contribution in [0, 0.1) is 5.92 Å². The molecule has 1 heterocycles. The third-order valence-corrected chi connectivity index (χ3v) is 4.86. The zero-order valence-corrected chi connectivity index (χ0v) is 12.6. The third-order valence-electron chi connectivity index (χ3n) is 4.86. The van der Waals surface area contributed by atoms with Crippen LogP contribution in [0.5, 0.6) is 0 Å². The smallest absolute Gasteiger partial charge is 0.0587 e. The molecule has 1 fully saturated rings. The topological polar surface area (TPSA) is 29.3 Å². The Morgan fingerprint density at radius 1 is 1.00 bits per heavy atom. The van der Waals surface area contributed by atoms with Crippen molar-refractivity contribution in [3.63, 3.8) is 0 Å². The van der Waals surface area contributed by atoms with Gasteiger partial charge in [0.05, 0.1) is 5.54 Å². The van der Waals surface area contributed by atoms with Crippen molar-refractivity contribution in [3.05, 3.63) is 35.9 Å². The second kappa shape index (κ2) is 6.06. The monoisotopic (exact) mass is 260 g/mol. The summed E-state index contributed by atoms with van der Waals surface area (Å²) in [5.74, 6) is 0.423. The molecule has 1 aromatic carbocycles. The van der Waals surface area contributed by atoms with E-state index in [1.54, 1.807) is 0 Å². The van der Waals surface area contributed by atoms with Gasteiger partial charge in [-0.15, -0.1) is 0 Å². The molecule has 0 bridgehead atoms. The van der Waals surface area contributed by atoms with Crippen LogP contribution in [-0.4, -0.2) is 24.0 Å². The quantitative estimate of drug-likeness (QED) is 0.899. The average molecular weight is 260 g/mol. The normalized spacial score (nSPS) is 22.2. The summed E-state index contributed by atoms with van der Waals surface area (Å²) in [6.45, 7) is 9.18. The predicted octanol–water partition coefficient (Wildman–Crippen LogP) is 3.37. The van der Waals surface area contributed by atoms with Crippen molar-refractivity contribution in [1.82, 2.24) is 4.90 Å². The summed E-state index contributed by atoms with van der Waals surface area (Å²) in [4.78, 5) is 2.58. The van der Waals surface area contributed by atoms with Gasteiger partial charge in [-0.1, -0.05) is 50.6 Å². The third kappa shape index (κ3) is 2.85. The summed E-state index contributed by atoms with van der Waals surface area (Å²) >= 11 is 0. The molecule has 2 rings (SSSR count). The fourth-order valence-corrected chi connectivity index (χ4v) is 3.39. The van der Waals surface area contributed by atoms with Crippen LogP contribution in [0.25, 0.3) is 0 Å². The fraction of sp³-hybridized carbons (Fsp3) is 0.647. The minimum Gasteiger partial charge on any atom is -0.320 e. The Labute approximate surface area is 118 Å². The predicted molar refractivity (Wildman–Crippen MR) is 82.0 cm³/mol. The highest BCUT2D eigenvalue weighted by molar-refractivity contribution is 5.27. The number of rotatable bonds is 4. The molecule has 1 aliphatic rings. The standard InChI is InChI=1S/C17H28N2/c1-14(2)17(18,16-10-6-4-7-11-16)15(3)19-12-8-5-9-13-19/h4,6-7,10-11,14-15H,5,8-9,12-13,18H2,1-3H3. The highest BCUT2D eigenvalue weighted by Gasteiger charge is 2.40. The number of benzene rings is 1. The second-order valence-electron chi connectivity index (χ2n) is 6.23. The van der Waals surface area contributed by atoms with Gasteiger partial charge in [0.25, 0.3) is 0 Å². The Kier molecular flexibility index (Phi) is 4.64. The Morgan fingerprint density at radius 2 is 1.58 bits per heavy atom. The Morgan fingerprint density at radius 3 is 2.11 bits per heavy atom. The number of likely N-dealkylation sites (tertiary alicyclic amines) is 1. The van der Waals surface area contributed by atoms with Crippen molar-refractivity contribution < 1.29 is 0 Å². The minimum atomic E-state index is -0.265. The molecule has 2 nitrogen and oxygen atoms in total. The molecule has 2 unspecified atom stereocenters. The van der Waals surface area contributed by atoms with Gasteiger partial charge < -0.3 is 5.73 Å². The van der Waals surface area contributed by atoms with Crippen molar-refractivity contribution >= 4 is 0 Å². The molecule has 106 valence electrons. The molecule has 1 saturated heterocycles. The fourth-order valence-electron chi connectivity index (χ4n) is 3.39. The maximum atomic E-state index is 6.89. The number of piperidine rings is 1. The van der Waals surface area contributed by atoms with Crippen LogP contribution in [-0.2, 0) is 5.54 Å². The van der Waals surface area contributed by atoms with E-state index in [-0.39, 0.29) is 5.54 Å². The van der Waals surface area contributed by atoms with Gasteiger partial charge in [-0.3, -0.25) is 4.90 Å². The van der Waals surface area contributed by atoms with E-state index in [1.165, 1.54) is 37.9 Å². The molecular formula is C17H28N2. The molecule has 2 N–H and O–H groups in total. The van der Waals surface area contributed by atoms with Crippen LogP contribution in [0.3, 0.4) is 0 Å². The van der Waals surface area contributed by atoms with Crippen LogP contribution in [0.4, 0.5) is 0 Å². The molecule has 2 heteroatoms. The SMILES string of the molecule is CC(C)C(N)(c1ccccc1)C(C)N1CCCCC1. The zero-order chi connectivity index (χ0) is 13.9. The molecule has 1 aromatic rings. The molecule has 0 spiro atoms. The van der Waals surface area contributed by atoms with Gasteiger partial charge in [0.15, 0.2) is 0 Å². The summed E-state index contributed by atoms with van der Waals surface area (Å²) in [5, 5.41) is 0. The summed E-state index contributed by atoms with van der Waals surface area (Å²) in [5.41, 5.74) is 7.90. The van der Waals surface area contributed by atoms with Gasteiger partial charge in [-0.25, -0.2) is 0 Å².